The van der Waals surface area contributed by atoms with Crippen molar-refractivity contribution in [2.24, 2.45) is 0 Å². The lowest BCUT2D eigenvalue weighted by Crippen LogP contribution is -2.25. The number of benzene rings is 2. The SMILES string of the molecule is COc1cccc(-n2cnc3c2C(c2cc(OC)c(OC)c(OC)c2)CC(=O)N3)c1. The fourth-order valence-corrected chi connectivity index (χ4v) is 3.80. The quantitative estimate of drug-likeness (QED) is 0.672. The maximum Gasteiger partial charge on any atom is 0.226 e. The molecule has 0 spiro atoms. The topological polar surface area (TPSA) is 83.8 Å². The van der Waals surface area contributed by atoms with Crippen molar-refractivity contribution >= 4 is 11.7 Å². The molecule has 0 saturated heterocycles. The van der Waals surface area contributed by atoms with Gasteiger partial charge in [-0.25, -0.2) is 4.98 Å². The van der Waals surface area contributed by atoms with Gasteiger partial charge in [0.15, 0.2) is 17.3 Å². The van der Waals surface area contributed by atoms with Crippen molar-refractivity contribution in [1.29, 1.82) is 0 Å². The molecule has 8 heteroatoms. The van der Waals surface area contributed by atoms with Gasteiger partial charge in [0.05, 0.1) is 39.8 Å². The molecule has 1 atom stereocenters. The molecule has 1 aromatic heterocycles. The Hall–Kier alpha value is -3.68. The van der Waals surface area contributed by atoms with Crippen molar-refractivity contribution < 1.29 is 23.7 Å². The molecular formula is C22H23N3O5. The third-order valence-corrected chi connectivity index (χ3v) is 5.20. The highest BCUT2D eigenvalue weighted by molar-refractivity contribution is 5.94. The van der Waals surface area contributed by atoms with Gasteiger partial charge in [-0.15, -0.1) is 0 Å². The molecule has 8 nitrogen and oxygen atoms in total. The summed E-state index contributed by atoms with van der Waals surface area (Å²) in [5.41, 5.74) is 2.62. The molecule has 1 N–H and O–H groups in total. The molecule has 156 valence electrons. The van der Waals surface area contributed by atoms with E-state index in [-0.39, 0.29) is 18.2 Å². The number of ether oxygens (including phenoxy) is 4. The van der Waals surface area contributed by atoms with Crippen LogP contribution in [0.1, 0.15) is 23.6 Å². The minimum atomic E-state index is -0.254. The fraction of sp³-hybridized carbons (Fsp3) is 0.273. The van der Waals surface area contributed by atoms with Crippen LogP contribution in [-0.2, 0) is 4.79 Å². The summed E-state index contributed by atoms with van der Waals surface area (Å²) in [4.78, 5) is 16.9. The molecule has 2 aromatic carbocycles. The van der Waals surface area contributed by atoms with E-state index in [9.17, 15) is 4.79 Å². The van der Waals surface area contributed by atoms with Crippen molar-refractivity contribution in [1.82, 2.24) is 9.55 Å². The Bertz CT molecular complexity index is 1070. The minimum Gasteiger partial charge on any atom is -0.497 e. The lowest BCUT2D eigenvalue weighted by Gasteiger charge is -2.26. The highest BCUT2D eigenvalue weighted by Crippen LogP contribution is 2.44. The smallest absolute Gasteiger partial charge is 0.226 e. The molecule has 1 aliphatic heterocycles. The summed E-state index contributed by atoms with van der Waals surface area (Å²) >= 11 is 0. The number of carbonyl (C=O) groups is 1. The maximum absolute atomic E-state index is 12.4. The summed E-state index contributed by atoms with van der Waals surface area (Å²) < 4.78 is 23.8. The largest absolute Gasteiger partial charge is 0.497 e. The first-order chi connectivity index (χ1) is 14.6. The summed E-state index contributed by atoms with van der Waals surface area (Å²) in [5, 5.41) is 2.87. The van der Waals surface area contributed by atoms with Crippen LogP contribution in [0, 0.1) is 0 Å². The van der Waals surface area contributed by atoms with Crippen LogP contribution in [0.3, 0.4) is 0 Å². The molecular weight excluding hydrogens is 386 g/mol. The highest BCUT2D eigenvalue weighted by Gasteiger charge is 2.32. The van der Waals surface area contributed by atoms with Gasteiger partial charge < -0.3 is 28.8 Å². The molecule has 1 aliphatic rings. The number of carbonyl (C=O) groups excluding carboxylic acids is 1. The molecule has 4 rings (SSSR count). The van der Waals surface area contributed by atoms with Gasteiger partial charge in [0.1, 0.15) is 12.1 Å². The molecule has 30 heavy (non-hydrogen) atoms. The van der Waals surface area contributed by atoms with Gasteiger partial charge in [0, 0.05) is 18.4 Å². The number of methoxy groups -OCH3 is 4. The molecule has 0 aliphatic carbocycles. The number of fused-ring (bicyclic) bond motifs is 1. The van der Waals surface area contributed by atoms with Gasteiger partial charge in [0.2, 0.25) is 11.7 Å². The number of nitrogens with one attached hydrogen (secondary N) is 1. The average Bonchev–Trinajstić information content (AvgIpc) is 3.21. The Kier molecular flexibility index (Phi) is 5.22. The van der Waals surface area contributed by atoms with Crippen molar-refractivity contribution in [2.45, 2.75) is 12.3 Å². The van der Waals surface area contributed by atoms with Gasteiger partial charge >= 0.3 is 0 Å². The van der Waals surface area contributed by atoms with Gasteiger partial charge in [-0.05, 0) is 29.8 Å². The van der Waals surface area contributed by atoms with Crippen molar-refractivity contribution in [2.75, 3.05) is 33.8 Å². The van der Waals surface area contributed by atoms with E-state index in [0.717, 1.165) is 22.7 Å². The third kappa shape index (κ3) is 3.30. The van der Waals surface area contributed by atoms with E-state index >= 15 is 0 Å². The van der Waals surface area contributed by atoms with E-state index in [1.165, 1.54) is 0 Å². The monoisotopic (exact) mass is 409 g/mol. The number of hydrogen-bond acceptors (Lipinski definition) is 6. The van der Waals surface area contributed by atoms with Gasteiger partial charge in [-0.1, -0.05) is 6.07 Å². The van der Waals surface area contributed by atoms with Crippen LogP contribution >= 0.6 is 0 Å². The zero-order valence-corrected chi connectivity index (χ0v) is 17.3. The summed E-state index contributed by atoms with van der Waals surface area (Å²) in [6.45, 7) is 0. The highest BCUT2D eigenvalue weighted by atomic mass is 16.5. The first-order valence-electron chi connectivity index (χ1n) is 9.41. The Balaban J connectivity index is 1.88. The average molecular weight is 409 g/mol. The lowest BCUT2D eigenvalue weighted by molar-refractivity contribution is -0.116. The molecule has 3 aromatic rings. The summed E-state index contributed by atoms with van der Waals surface area (Å²) in [6.07, 6.45) is 1.97. The molecule has 0 bridgehead atoms. The number of amides is 1. The van der Waals surface area contributed by atoms with E-state index in [1.54, 1.807) is 34.8 Å². The number of hydrogen-bond donors (Lipinski definition) is 1. The molecule has 0 fully saturated rings. The maximum atomic E-state index is 12.4. The third-order valence-electron chi connectivity index (χ3n) is 5.20. The Morgan fingerprint density at radius 1 is 1.00 bits per heavy atom. The molecule has 0 saturated carbocycles. The van der Waals surface area contributed by atoms with E-state index in [2.05, 4.69) is 10.3 Å². The van der Waals surface area contributed by atoms with Crippen molar-refractivity contribution in [3.8, 4) is 28.7 Å². The predicted molar refractivity (Wildman–Crippen MR) is 111 cm³/mol. The lowest BCUT2D eigenvalue weighted by atomic mass is 9.89. The molecule has 2 heterocycles. The predicted octanol–water partition coefficient (Wildman–Crippen LogP) is 3.38. The Morgan fingerprint density at radius 2 is 1.73 bits per heavy atom. The second-order valence-electron chi connectivity index (χ2n) is 6.81. The number of aromatic nitrogens is 2. The van der Waals surface area contributed by atoms with E-state index in [0.29, 0.717) is 23.1 Å². The van der Waals surface area contributed by atoms with Crippen LogP contribution in [0.2, 0.25) is 0 Å². The second kappa shape index (κ2) is 7.98. The summed E-state index contributed by atoms with van der Waals surface area (Å²) in [7, 11) is 6.33. The number of rotatable bonds is 6. The summed E-state index contributed by atoms with van der Waals surface area (Å²) in [5.74, 6) is 2.49. The second-order valence-corrected chi connectivity index (χ2v) is 6.81. The van der Waals surface area contributed by atoms with E-state index < -0.39 is 0 Å². The van der Waals surface area contributed by atoms with Crippen LogP contribution in [0.5, 0.6) is 23.0 Å². The molecule has 1 amide bonds. The first kappa shape index (κ1) is 19.6. The zero-order chi connectivity index (χ0) is 21.3. The number of nitrogens with zero attached hydrogens (tertiary/aromatic N) is 2. The standard InChI is InChI=1S/C22H23N3O5/c1-27-15-7-5-6-14(10-15)25-12-23-22-20(25)16(11-19(26)24-22)13-8-17(28-2)21(30-4)18(9-13)29-3/h5-10,12,16H,11H2,1-4H3,(H,24,26). The van der Waals surface area contributed by atoms with Crippen LogP contribution < -0.4 is 24.3 Å². The van der Waals surface area contributed by atoms with Gasteiger partial charge in [-0.3, -0.25) is 4.79 Å². The fourth-order valence-electron chi connectivity index (χ4n) is 3.80. The minimum absolute atomic E-state index is 0.0999. The normalized spacial score (nSPS) is 15.2. The molecule has 0 radical (unpaired) electrons. The summed E-state index contributed by atoms with van der Waals surface area (Å²) in [6, 6.07) is 11.4. The van der Waals surface area contributed by atoms with Crippen LogP contribution in [-0.4, -0.2) is 43.9 Å². The number of imidazole rings is 1. The van der Waals surface area contributed by atoms with Crippen LogP contribution in [0.25, 0.3) is 5.69 Å². The Labute approximate surface area is 174 Å². The van der Waals surface area contributed by atoms with Gasteiger partial charge in [-0.2, -0.15) is 0 Å². The first-order valence-corrected chi connectivity index (χ1v) is 9.41. The van der Waals surface area contributed by atoms with Crippen LogP contribution in [0.4, 0.5) is 5.82 Å². The van der Waals surface area contributed by atoms with Gasteiger partial charge in [0.25, 0.3) is 0 Å². The van der Waals surface area contributed by atoms with Crippen LogP contribution in [0.15, 0.2) is 42.7 Å². The van der Waals surface area contributed by atoms with E-state index in [1.807, 2.05) is 41.0 Å². The van der Waals surface area contributed by atoms with Crippen molar-refractivity contribution in [3.05, 3.63) is 54.0 Å². The molecule has 1 unspecified atom stereocenters. The number of anilines is 1. The van der Waals surface area contributed by atoms with E-state index in [4.69, 9.17) is 18.9 Å². The van der Waals surface area contributed by atoms with Crippen molar-refractivity contribution in [3.63, 3.8) is 0 Å². The zero-order valence-electron chi connectivity index (χ0n) is 17.3. The Morgan fingerprint density at radius 3 is 2.37 bits per heavy atom.